The Morgan fingerprint density at radius 1 is 0.347 bits per heavy atom. The maximum atomic E-state index is 5.85. The first-order valence-corrected chi connectivity index (χ1v) is 14.3. The van der Waals surface area contributed by atoms with Crippen LogP contribution in [0.25, 0.3) is 0 Å². The monoisotopic (exact) mass is 612 g/mol. The van der Waals surface area contributed by atoms with Crippen molar-refractivity contribution in [2.24, 2.45) is 5.92 Å². The van der Waals surface area contributed by atoms with Gasteiger partial charge in [-0.2, -0.15) is 0 Å². The Hall–Kier alpha value is -8.40. The van der Waals surface area contributed by atoms with Crippen molar-refractivity contribution in [3.63, 3.8) is 0 Å². The third kappa shape index (κ3) is 29.5. The third-order valence-electron chi connectivity index (χ3n) is 4.94. The van der Waals surface area contributed by atoms with Crippen LogP contribution in [0.3, 0.4) is 0 Å². The van der Waals surface area contributed by atoms with E-state index < -0.39 is 0 Å². The van der Waals surface area contributed by atoms with E-state index >= 15 is 0 Å². The Morgan fingerprint density at radius 3 is 0.857 bits per heavy atom. The summed E-state index contributed by atoms with van der Waals surface area (Å²) in [6.07, 6.45) is 5.84. The molecule has 0 amide bonds. The largest absolute Gasteiger partial charge is 0.377 e. The molecule has 0 saturated heterocycles. The zero-order valence-electron chi connectivity index (χ0n) is 26.8. The fourth-order valence-electron chi connectivity index (χ4n) is 2.90. The van der Waals surface area contributed by atoms with Crippen molar-refractivity contribution in [3.05, 3.63) is 0 Å². The molecule has 0 aromatic heterocycles. The minimum Gasteiger partial charge on any atom is -0.377 e. The van der Waals surface area contributed by atoms with Crippen LogP contribution in [0.2, 0.25) is 0 Å². The zero-order chi connectivity index (χ0) is 35.0. The van der Waals surface area contributed by atoms with Crippen molar-refractivity contribution in [1.82, 2.24) is 0 Å². The summed E-state index contributed by atoms with van der Waals surface area (Å²) in [7, 11) is 0. The highest BCUT2D eigenvalue weighted by molar-refractivity contribution is 5.49. The van der Waals surface area contributed by atoms with Crippen LogP contribution in [0.4, 0.5) is 0 Å². The van der Waals surface area contributed by atoms with E-state index in [4.69, 9.17) is 4.74 Å². The van der Waals surface area contributed by atoms with E-state index in [1.54, 1.807) is 6.92 Å². The quantitative estimate of drug-likeness (QED) is 0.352. The van der Waals surface area contributed by atoms with Gasteiger partial charge in [-0.3, -0.25) is 0 Å². The van der Waals surface area contributed by atoms with Gasteiger partial charge in [0, 0.05) is 125 Å². The van der Waals surface area contributed by atoms with Crippen molar-refractivity contribution in [2.45, 2.75) is 52.1 Å². The van der Waals surface area contributed by atoms with Gasteiger partial charge in [0.05, 0.1) is 12.7 Å². The highest BCUT2D eigenvalue weighted by atomic mass is 16.5. The second-order valence-electron chi connectivity index (χ2n) is 8.43. The predicted molar refractivity (Wildman–Crippen MR) is 195 cm³/mol. The average molecular weight is 613 g/mol. The molecule has 0 aromatic carbocycles. The highest BCUT2D eigenvalue weighted by Crippen LogP contribution is 2.25. The van der Waals surface area contributed by atoms with Gasteiger partial charge in [0.15, 0.2) is 0 Å². The van der Waals surface area contributed by atoms with Crippen LogP contribution in [-0.4, -0.2) is 12.7 Å². The second kappa shape index (κ2) is 32.5. The lowest BCUT2D eigenvalue weighted by atomic mass is 9.89. The minimum atomic E-state index is 0.385. The van der Waals surface area contributed by atoms with Gasteiger partial charge < -0.3 is 4.74 Å². The molecule has 0 spiro atoms. The fourth-order valence-corrected chi connectivity index (χ4v) is 2.90. The molecule has 1 nitrogen and oxygen atoms in total. The summed E-state index contributed by atoms with van der Waals surface area (Å²) in [4.78, 5) is 0. The molecule has 1 heteroatoms. The number of rotatable bonds is 3. The molecule has 218 valence electrons. The van der Waals surface area contributed by atoms with Crippen LogP contribution in [0, 0.1) is 231 Å². The Labute approximate surface area is 293 Å². The Balaban J connectivity index is 2.31. The predicted octanol–water partition coefficient (Wildman–Crippen LogP) is 3.06. The number of hydrogen-bond donors (Lipinski definition) is 0. The summed E-state index contributed by atoms with van der Waals surface area (Å²) in [5, 5.41) is 0. The van der Waals surface area contributed by atoms with Crippen LogP contribution in [-0.2, 0) is 4.74 Å². The minimum absolute atomic E-state index is 0.385. The third-order valence-corrected chi connectivity index (χ3v) is 4.94. The van der Waals surface area contributed by atoms with Gasteiger partial charge in [-0.15, -0.1) is 0 Å². The van der Waals surface area contributed by atoms with Gasteiger partial charge in [-0.05, 0) is 133 Å². The molecule has 0 bridgehead atoms. The van der Waals surface area contributed by atoms with Gasteiger partial charge in [-0.1, -0.05) is 18.8 Å². The van der Waals surface area contributed by atoms with Crippen molar-refractivity contribution in [1.29, 1.82) is 0 Å². The lowest BCUT2D eigenvalue weighted by Gasteiger charge is -2.25. The summed E-state index contributed by atoms with van der Waals surface area (Å²) >= 11 is 0. The van der Waals surface area contributed by atoms with Gasteiger partial charge in [0.25, 0.3) is 0 Å². The molecule has 1 aliphatic rings. The van der Waals surface area contributed by atoms with Crippen molar-refractivity contribution in [3.8, 4) is 225 Å². The van der Waals surface area contributed by atoms with Crippen LogP contribution < -0.4 is 0 Å². The van der Waals surface area contributed by atoms with Gasteiger partial charge in [0.2, 0.25) is 0 Å². The van der Waals surface area contributed by atoms with E-state index in [2.05, 4.69) is 232 Å². The summed E-state index contributed by atoms with van der Waals surface area (Å²) in [5.41, 5.74) is 0. The standard InChI is InChI=1S/C48H20O/c1-3-4-5-6-7-8-9-10-11-12-13-14-15-16-17-18-19-20-21-22-23-24-25-26-27-28-29-30-31-32-33-34-35-36-37-38-39-40-41-46-49-48-44-42-47(2)43-45-48/h47-48H,41-46H2,1-2H3. The molecule has 49 heavy (non-hydrogen) atoms. The topological polar surface area (TPSA) is 9.23 Å². The summed E-state index contributed by atoms with van der Waals surface area (Å²) < 4.78 is 5.85. The molecule has 0 N–H and O–H groups in total. The molecule has 1 fully saturated rings. The molecule has 1 saturated carbocycles. The maximum Gasteiger partial charge on any atom is 0.0579 e. The first-order valence-electron chi connectivity index (χ1n) is 14.3. The van der Waals surface area contributed by atoms with Gasteiger partial charge in [-0.25, -0.2) is 0 Å². The van der Waals surface area contributed by atoms with Crippen LogP contribution in [0.1, 0.15) is 46.0 Å². The molecule has 1 rings (SSSR count). The SMILES string of the molecule is CC#CC#CC#CC#CC#CC#CC#CC#CC#CC#CC#CC#CC#CC#CC#CC#CC#CC#CC#CCCOC1CCC(C)CC1. The first-order chi connectivity index (χ1) is 24.3. The van der Waals surface area contributed by atoms with Crippen LogP contribution in [0.15, 0.2) is 0 Å². The van der Waals surface area contributed by atoms with E-state index in [1.165, 1.54) is 12.8 Å². The molecule has 0 aliphatic heterocycles. The van der Waals surface area contributed by atoms with E-state index in [-0.39, 0.29) is 0 Å². The number of ether oxygens (including phenoxy) is 1. The molecular formula is C48H20O. The summed E-state index contributed by atoms with van der Waals surface area (Å²) in [6.45, 7) is 4.63. The zero-order valence-corrected chi connectivity index (χ0v) is 26.8. The van der Waals surface area contributed by atoms with E-state index in [0.717, 1.165) is 18.8 Å². The summed E-state index contributed by atoms with van der Waals surface area (Å²) in [6, 6.07) is 0. The lowest BCUT2D eigenvalue weighted by Crippen LogP contribution is -2.20. The van der Waals surface area contributed by atoms with E-state index in [9.17, 15) is 0 Å². The Bertz CT molecular complexity index is 2500. The highest BCUT2D eigenvalue weighted by Gasteiger charge is 2.17. The van der Waals surface area contributed by atoms with Crippen LogP contribution in [0.5, 0.6) is 0 Å². The first kappa shape index (κ1) is 38.6. The molecular weight excluding hydrogens is 593 g/mol. The average Bonchev–Trinajstić information content (AvgIpc) is 3.11. The number of hydrogen-bond acceptors (Lipinski definition) is 1. The van der Waals surface area contributed by atoms with Gasteiger partial charge >= 0.3 is 0 Å². The Kier molecular flexibility index (Phi) is 25.6. The van der Waals surface area contributed by atoms with E-state index in [0.29, 0.717) is 19.1 Å². The van der Waals surface area contributed by atoms with Crippen molar-refractivity contribution in [2.75, 3.05) is 6.61 Å². The summed E-state index contributed by atoms with van der Waals surface area (Å²) in [5.74, 6) is 97.8. The van der Waals surface area contributed by atoms with Gasteiger partial charge in [0.1, 0.15) is 0 Å². The van der Waals surface area contributed by atoms with Crippen molar-refractivity contribution < 1.29 is 4.74 Å². The smallest absolute Gasteiger partial charge is 0.0579 e. The maximum absolute atomic E-state index is 5.85. The normalized spacial score (nSPS) is 10.3. The van der Waals surface area contributed by atoms with E-state index in [1.807, 2.05) is 0 Å². The molecule has 0 atom stereocenters. The molecule has 0 unspecified atom stereocenters. The second-order valence-corrected chi connectivity index (χ2v) is 8.43. The van der Waals surface area contributed by atoms with Crippen molar-refractivity contribution >= 4 is 0 Å². The van der Waals surface area contributed by atoms with Crippen LogP contribution >= 0.6 is 0 Å². The molecule has 0 heterocycles. The fraction of sp³-hybridized carbons (Fsp3) is 0.208. The molecule has 0 aromatic rings. The Morgan fingerprint density at radius 2 is 0.592 bits per heavy atom. The molecule has 0 radical (unpaired) electrons. The lowest BCUT2D eigenvalue weighted by molar-refractivity contribution is 0.0231. The molecule has 1 aliphatic carbocycles.